The molecule has 2 N–H and O–H groups in total. The topological polar surface area (TPSA) is 67.4 Å². The summed E-state index contributed by atoms with van der Waals surface area (Å²) in [4.78, 5) is 23.8. The molecule has 1 aliphatic carbocycles. The predicted octanol–water partition coefficient (Wildman–Crippen LogP) is 2.98. The van der Waals surface area contributed by atoms with Crippen LogP contribution in [0.15, 0.2) is 0 Å². The molecule has 0 aromatic rings. The number of carbonyl (C=O) groups excluding carboxylic acids is 2. The van der Waals surface area contributed by atoms with Crippen LogP contribution in [-0.2, 0) is 9.53 Å². The van der Waals surface area contributed by atoms with Crippen molar-refractivity contribution in [2.45, 2.75) is 84.4 Å². The van der Waals surface area contributed by atoms with Gasteiger partial charge in [0, 0.05) is 17.0 Å². The van der Waals surface area contributed by atoms with Gasteiger partial charge in [-0.15, -0.1) is 0 Å². The number of rotatable bonds is 4. The van der Waals surface area contributed by atoms with Crippen LogP contribution in [0.3, 0.4) is 0 Å². The number of ether oxygens (including phenoxy) is 1. The summed E-state index contributed by atoms with van der Waals surface area (Å²) in [7, 11) is 0. The van der Waals surface area contributed by atoms with Crippen LogP contribution < -0.4 is 10.6 Å². The Labute approximate surface area is 128 Å². The quantitative estimate of drug-likeness (QED) is 0.838. The largest absolute Gasteiger partial charge is 0.447 e. The minimum atomic E-state index is -0.382. The zero-order valence-electron chi connectivity index (χ0n) is 14.2. The van der Waals surface area contributed by atoms with Crippen LogP contribution in [-0.4, -0.2) is 29.2 Å². The highest BCUT2D eigenvalue weighted by molar-refractivity contribution is 5.78. The Morgan fingerprint density at radius 1 is 1.00 bits per heavy atom. The molecule has 0 aromatic carbocycles. The molecule has 2 amide bonds. The van der Waals surface area contributed by atoms with E-state index < -0.39 is 0 Å². The number of alkyl carbamates (subject to hydrolysis) is 1. The van der Waals surface area contributed by atoms with Crippen LogP contribution in [0.1, 0.15) is 67.2 Å². The Kier molecular flexibility index (Phi) is 5.65. The van der Waals surface area contributed by atoms with Crippen molar-refractivity contribution < 1.29 is 14.3 Å². The fourth-order valence-corrected chi connectivity index (χ4v) is 3.05. The maximum absolute atomic E-state index is 12.0. The van der Waals surface area contributed by atoms with Crippen molar-refractivity contribution in [1.29, 1.82) is 0 Å². The third-order valence-corrected chi connectivity index (χ3v) is 3.93. The molecule has 2 unspecified atom stereocenters. The van der Waals surface area contributed by atoms with Gasteiger partial charge in [0.15, 0.2) is 0 Å². The highest BCUT2D eigenvalue weighted by Gasteiger charge is 2.41. The van der Waals surface area contributed by atoms with Crippen molar-refractivity contribution in [3.8, 4) is 0 Å². The van der Waals surface area contributed by atoms with Crippen molar-refractivity contribution in [3.63, 3.8) is 0 Å². The van der Waals surface area contributed by atoms with E-state index in [9.17, 15) is 9.59 Å². The second-order valence-corrected chi connectivity index (χ2v) is 7.37. The van der Waals surface area contributed by atoms with Crippen LogP contribution in [0.25, 0.3) is 0 Å². The molecule has 0 aliphatic heterocycles. The summed E-state index contributed by atoms with van der Waals surface area (Å²) < 4.78 is 5.17. The lowest BCUT2D eigenvalue weighted by Crippen LogP contribution is -2.59. The van der Waals surface area contributed by atoms with Gasteiger partial charge in [-0.3, -0.25) is 4.79 Å². The summed E-state index contributed by atoms with van der Waals surface area (Å²) in [5.41, 5.74) is -0.622. The minimum Gasteiger partial charge on any atom is -0.447 e. The lowest BCUT2D eigenvalue weighted by Gasteiger charge is -2.45. The van der Waals surface area contributed by atoms with E-state index in [1.807, 2.05) is 34.6 Å². The van der Waals surface area contributed by atoms with Crippen LogP contribution in [0.2, 0.25) is 0 Å². The Morgan fingerprint density at radius 3 is 2.00 bits per heavy atom. The monoisotopic (exact) mass is 298 g/mol. The van der Waals surface area contributed by atoms with E-state index >= 15 is 0 Å². The van der Waals surface area contributed by atoms with Gasteiger partial charge in [-0.2, -0.15) is 0 Å². The fourth-order valence-electron chi connectivity index (χ4n) is 3.05. The molecule has 0 radical (unpaired) electrons. The average molecular weight is 298 g/mol. The predicted molar refractivity (Wildman–Crippen MR) is 83.0 cm³/mol. The molecule has 1 aliphatic rings. The van der Waals surface area contributed by atoms with Gasteiger partial charge in [-0.1, -0.05) is 13.8 Å². The summed E-state index contributed by atoms with van der Waals surface area (Å²) in [6, 6.07) is 0. The van der Waals surface area contributed by atoms with Crippen molar-refractivity contribution in [2.75, 3.05) is 0 Å². The Bertz CT molecular complexity index is 395. The summed E-state index contributed by atoms with van der Waals surface area (Å²) in [5, 5.41) is 6.10. The highest BCUT2D eigenvalue weighted by atomic mass is 16.6. The maximum atomic E-state index is 12.0. The van der Waals surface area contributed by atoms with E-state index in [0.717, 1.165) is 19.3 Å². The van der Waals surface area contributed by atoms with Crippen LogP contribution in [0, 0.1) is 5.92 Å². The van der Waals surface area contributed by atoms with Gasteiger partial charge < -0.3 is 15.4 Å². The molecule has 5 heteroatoms. The zero-order valence-corrected chi connectivity index (χ0v) is 14.2. The molecular weight excluding hydrogens is 268 g/mol. The van der Waals surface area contributed by atoms with Crippen molar-refractivity contribution >= 4 is 12.0 Å². The molecule has 1 rings (SSSR count). The molecule has 0 aromatic heterocycles. The van der Waals surface area contributed by atoms with Gasteiger partial charge >= 0.3 is 6.09 Å². The number of hydrogen-bond acceptors (Lipinski definition) is 3. The van der Waals surface area contributed by atoms with Crippen molar-refractivity contribution in [1.82, 2.24) is 10.6 Å². The standard InChI is InChI=1S/C16H30N2O3/c1-11(2)13(19)17-15(5)8-7-9-16(6,10-15)18-14(20)21-12(3)4/h11-12H,7-10H2,1-6H3,(H,17,19)(H,18,20). The number of amides is 2. The molecule has 0 bridgehead atoms. The molecule has 5 nitrogen and oxygen atoms in total. The van der Waals surface area contributed by atoms with Gasteiger partial charge in [-0.05, 0) is 53.4 Å². The van der Waals surface area contributed by atoms with Gasteiger partial charge in [0.2, 0.25) is 5.91 Å². The molecule has 0 heterocycles. The zero-order chi connectivity index (χ0) is 16.3. The Hall–Kier alpha value is -1.26. The molecule has 21 heavy (non-hydrogen) atoms. The van der Waals surface area contributed by atoms with E-state index in [-0.39, 0.29) is 35.1 Å². The first-order valence-corrected chi connectivity index (χ1v) is 7.86. The van der Waals surface area contributed by atoms with Gasteiger partial charge in [0.1, 0.15) is 0 Å². The Morgan fingerprint density at radius 2 is 1.52 bits per heavy atom. The molecule has 0 spiro atoms. The minimum absolute atomic E-state index is 0.0335. The first-order valence-electron chi connectivity index (χ1n) is 7.86. The Balaban J connectivity index is 2.69. The lowest BCUT2D eigenvalue weighted by molar-refractivity contribution is -0.126. The first kappa shape index (κ1) is 17.8. The fraction of sp³-hybridized carbons (Fsp3) is 0.875. The molecule has 122 valence electrons. The van der Waals surface area contributed by atoms with Crippen molar-refractivity contribution in [3.05, 3.63) is 0 Å². The normalized spacial score (nSPS) is 29.3. The van der Waals surface area contributed by atoms with Gasteiger partial charge in [0.05, 0.1) is 6.10 Å². The van der Waals surface area contributed by atoms with Crippen molar-refractivity contribution in [2.24, 2.45) is 5.92 Å². The lowest BCUT2D eigenvalue weighted by atomic mass is 9.72. The van der Waals surface area contributed by atoms with E-state index in [1.165, 1.54) is 0 Å². The molecule has 1 saturated carbocycles. The average Bonchev–Trinajstić information content (AvgIpc) is 2.25. The van der Waals surface area contributed by atoms with Gasteiger partial charge in [-0.25, -0.2) is 4.79 Å². The van der Waals surface area contributed by atoms with Crippen LogP contribution in [0.4, 0.5) is 4.79 Å². The molecule has 1 fully saturated rings. The summed E-state index contributed by atoms with van der Waals surface area (Å²) in [6.07, 6.45) is 2.99. The molecule has 2 atom stereocenters. The smallest absolute Gasteiger partial charge is 0.407 e. The summed E-state index contributed by atoms with van der Waals surface area (Å²) >= 11 is 0. The van der Waals surface area contributed by atoms with Crippen LogP contribution in [0.5, 0.6) is 0 Å². The van der Waals surface area contributed by atoms with E-state index in [4.69, 9.17) is 4.74 Å². The number of hydrogen-bond donors (Lipinski definition) is 2. The van der Waals surface area contributed by atoms with Crippen LogP contribution >= 0.6 is 0 Å². The van der Waals surface area contributed by atoms with E-state index in [1.54, 1.807) is 0 Å². The molecule has 0 saturated heterocycles. The number of nitrogens with one attached hydrogen (secondary N) is 2. The second-order valence-electron chi connectivity index (χ2n) is 7.37. The van der Waals surface area contributed by atoms with E-state index in [0.29, 0.717) is 6.42 Å². The second kappa shape index (κ2) is 6.67. The highest BCUT2D eigenvalue weighted by Crippen LogP contribution is 2.35. The third-order valence-electron chi connectivity index (χ3n) is 3.93. The number of carbonyl (C=O) groups is 2. The third kappa shape index (κ3) is 5.56. The first-order chi connectivity index (χ1) is 9.55. The summed E-state index contributed by atoms with van der Waals surface area (Å²) in [5.74, 6) is 0.0281. The molecular formula is C16H30N2O3. The van der Waals surface area contributed by atoms with Gasteiger partial charge in [0.25, 0.3) is 0 Å². The maximum Gasteiger partial charge on any atom is 0.407 e. The van der Waals surface area contributed by atoms with E-state index in [2.05, 4.69) is 17.6 Å². The summed E-state index contributed by atoms with van der Waals surface area (Å²) in [6.45, 7) is 11.5. The SMILES string of the molecule is CC(C)OC(=O)NC1(C)CCCC(C)(NC(=O)C(C)C)C1.